The Labute approximate surface area is 123 Å². The molecule has 19 heavy (non-hydrogen) atoms. The van der Waals surface area contributed by atoms with Gasteiger partial charge in [-0.3, -0.25) is 4.79 Å². The van der Waals surface area contributed by atoms with Crippen LogP contribution in [0.4, 0.5) is 0 Å². The minimum atomic E-state index is -0.679. The summed E-state index contributed by atoms with van der Waals surface area (Å²) in [7, 11) is 0. The Hall–Kier alpha value is -0.800. The summed E-state index contributed by atoms with van der Waals surface area (Å²) < 4.78 is 0. The Bertz CT molecular complexity index is 351. The van der Waals surface area contributed by atoms with Crippen LogP contribution in [0.1, 0.15) is 60.3 Å². The number of rotatable bonds is 7. The maximum absolute atomic E-state index is 12.2. The number of carbonyl (C=O) groups excluding carboxylic acids is 1. The lowest BCUT2D eigenvalue weighted by Gasteiger charge is -2.21. The predicted molar refractivity (Wildman–Crippen MR) is 75.2 cm³/mol. The molecule has 3 nitrogen and oxygen atoms in total. The number of carbonyl (C=O) groups is 1. The van der Waals surface area contributed by atoms with Crippen LogP contribution in [0.2, 0.25) is 0 Å². The van der Waals surface area contributed by atoms with Crippen molar-refractivity contribution in [3.8, 4) is 0 Å². The molecule has 0 saturated carbocycles. The second-order valence-electron chi connectivity index (χ2n) is 5.27. The second-order valence-corrected chi connectivity index (χ2v) is 5.27. The quantitative estimate of drug-likeness (QED) is 0.392. The molecular formula is C15H28ClNO2. The third-order valence-corrected chi connectivity index (χ3v) is 3.53. The zero-order chi connectivity index (χ0) is 14.3. The van der Waals surface area contributed by atoms with Crippen LogP contribution in [0.15, 0.2) is 23.0 Å². The van der Waals surface area contributed by atoms with Gasteiger partial charge in [0.1, 0.15) is 0 Å². The molecule has 112 valence electrons. The van der Waals surface area contributed by atoms with E-state index < -0.39 is 5.54 Å². The maximum atomic E-state index is 12.2. The first-order chi connectivity index (χ1) is 8.28. The highest BCUT2D eigenvalue weighted by molar-refractivity contribution is 5.99. The van der Waals surface area contributed by atoms with E-state index >= 15 is 0 Å². The van der Waals surface area contributed by atoms with Gasteiger partial charge in [0.05, 0.1) is 0 Å². The molecule has 4 N–H and O–H groups in total. The molecule has 0 aromatic rings. The first kappa shape index (κ1) is 20.5. The zero-order valence-electron chi connectivity index (χ0n) is 12.8. The Balaban J connectivity index is 0. The molecule has 0 amide bonds. The van der Waals surface area contributed by atoms with E-state index in [1.807, 2.05) is 34.6 Å². The van der Waals surface area contributed by atoms with Crippen LogP contribution in [0.25, 0.3) is 0 Å². The molecule has 0 aromatic carbocycles. The van der Waals surface area contributed by atoms with Gasteiger partial charge in [-0.15, -0.1) is 0 Å². The Morgan fingerprint density at radius 1 is 1.21 bits per heavy atom. The Morgan fingerprint density at radius 2 is 1.68 bits per heavy atom. The summed E-state index contributed by atoms with van der Waals surface area (Å²) in [5, 5.41) is 10.0. The van der Waals surface area contributed by atoms with Gasteiger partial charge in [0, 0.05) is 12.8 Å². The fourth-order valence-electron chi connectivity index (χ4n) is 1.71. The van der Waals surface area contributed by atoms with Crippen LogP contribution in [-0.2, 0) is 4.79 Å². The van der Waals surface area contributed by atoms with Crippen molar-refractivity contribution in [1.29, 1.82) is 0 Å². The Kier molecular flexibility index (Phi) is 9.89. The number of allylic oxidation sites excluding steroid dienone is 3. The molecule has 0 aromatic heterocycles. The highest BCUT2D eigenvalue weighted by atomic mass is 35.5. The van der Waals surface area contributed by atoms with Crippen LogP contribution in [0, 0.1) is 0 Å². The summed E-state index contributed by atoms with van der Waals surface area (Å²) in [4.78, 5) is 12.2. The zero-order valence-corrected chi connectivity index (χ0v) is 13.6. The van der Waals surface area contributed by atoms with E-state index in [0.717, 1.165) is 12.0 Å². The average Bonchev–Trinajstić information content (AvgIpc) is 2.35. The molecule has 4 heteroatoms. The molecule has 0 aliphatic heterocycles. The number of Topliss-reactive ketones (excluding diaryl/α,β-unsaturated/α-hetero) is 1. The topological polar surface area (TPSA) is 64.9 Å². The van der Waals surface area contributed by atoms with Gasteiger partial charge in [-0.25, -0.2) is 0 Å². The molecule has 0 aliphatic carbocycles. The molecule has 0 atom stereocenters. The molecule has 0 unspecified atom stereocenters. The monoisotopic (exact) mass is 289 g/mol. The molecule has 0 aliphatic rings. The number of quaternary nitrogens is 1. The van der Waals surface area contributed by atoms with Crippen molar-refractivity contribution in [3.05, 3.63) is 23.0 Å². The minimum Gasteiger partial charge on any atom is -1.00 e. The molecule has 0 saturated heterocycles. The average molecular weight is 290 g/mol. The lowest BCUT2D eigenvalue weighted by Crippen LogP contribution is -3.00. The molecule has 0 fully saturated rings. The van der Waals surface area contributed by atoms with Gasteiger partial charge in [0.2, 0.25) is 0 Å². The van der Waals surface area contributed by atoms with Crippen molar-refractivity contribution < 1.29 is 28.0 Å². The number of aliphatic hydroxyl groups excluding tert-OH is 1. The van der Waals surface area contributed by atoms with E-state index in [0.29, 0.717) is 19.3 Å². The van der Waals surface area contributed by atoms with E-state index in [1.165, 1.54) is 5.57 Å². The largest absolute Gasteiger partial charge is 1.00 e. The highest BCUT2D eigenvalue weighted by Crippen LogP contribution is 2.19. The lowest BCUT2D eigenvalue weighted by atomic mass is 9.87. The number of halogens is 1. The summed E-state index contributed by atoms with van der Waals surface area (Å²) in [5.74, 6) is -0.307. The fourth-order valence-corrected chi connectivity index (χ4v) is 1.71. The third-order valence-electron chi connectivity index (χ3n) is 3.53. The molecule has 0 radical (unpaired) electrons. The summed E-state index contributed by atoms with van der Waals surface area (Å²) in [6, 6.07) is 0. The van der Waals surface area contributed by atoms with Crippen LogP contribution in [-0.4, -0.2) is 16.4 Å². The first-order valence-electron chi connectivity index (χ1n) is 6.70. The van der Waals surface area contributed by atoms with Gasteiger partial charge in [-0.05, 0) is 39.2 Å². The summed E-state index contributed by atoms with van der Waals surface area (Å²) in [6.45, 7) is 9.76. The van der Waals surface area contributed by atoms with Gasteiger partial charge in [-0.2, -0.15) is 0 Å². The molecule has 0 spiro atoms. The first-order valence-corrected chi connectivity index (χ1v) is 6.70. The fraction of sp³-hybridized carbons (Fsp3) is 0.667. The molecule has 0 bridgehead atoms. The minimum absolute atomic E-state index is 0. The van der Waals surface area contributed by atoms with Gasteiger partial charge < -0.3 is 23.2 Å². The van der Waals surface area contributed by atoms with E-state index in [2.05, 4.69) is 11.8 Å². The number of ketones is 1. The van der Waals surface area contributed by atoms with Crippen molar-refractivity contribution in [2.75, 3.05) is 0 Å². The second kappa shape index (κ2) is 9.16. The lowest BCUT2D eigenvalue weighted by molar-refractivity contribution is -0.458. The van der Waals surface area contributed by atoms with Crippen LogP contribution in [0.3, 0.4) is 0 Å². The maximum Gasteiger partial charge on any atom is 0.256 e. The van der Waals surface area contributed by atoms with Crippen molar-refractivity contribution in [1.82, 2.24) is 0 Å². The third kappa shape index (κ3) is 6.26. The van der Waals surface area contributed by atoms with E-state index in [4.69, 9.17) is 0 Å². The van der Waals surface area contributed by atoms with Crippen molar-refractivity contribution in [2.24, 2.45) is 0 Å². The predicted octanol–water partition coefficient (Wildman–Crippen LogP) is -0.0614. The highest BCUT2D eigenvalue weighted by Gasteiger charge is 2.37. The normalized spacial score (nSPS) is 12.3. The van der Waals surface area contributed by atoms with Crippen molar-refractivity contribution in [3.63, 3.8) is 0 Å². The summed E-state index contributed by atoms with van der Waals surface area (Å²) in [5.41, 5.74) is 5.29. The molecular weight excluding hydrogens is 262 g/mol. The van der Waals surface area contributed by atoms with Gasteiger partial charge in [0.15, 0.2) is 11.3 Å². The number of hydrogen-bond donors (Lipinski definition) is 2. The van der Waals surface area contributed by atoms with Gasteiger partial charge >= 0.3 is 0 Å². The van der Waals surface area contributed by atoms with Crippen LogP contribution >= 0.6 is 0 Å². The van der Waals surface area contributed by atoms with Crippen LogP contribution < -0.4 is 18.1 Å². The standard InChI is InChI=1S/C15H27NO2.ClH/c1-6-15(16,7-2)14(18)13(17)12(5)10-8-9-11(3)4;/h9,17H,6-8,10,16H2,1-5H3;1H/b13-12+;. The van der Waals surface area contributed by atoms with Crippen molar-refractivity contribution >= 4 is 5.78 Å². The van der Waals surface area contributed by atoms with Crippen molar-refractivity contribution in [2.45, 2.75) is 65.8 Å². The SMILES string of the molecule is CCC([NH3+])(CC)C(=O)/C(O)=C(/C)CCC=C(C)C.[Cl-]. The van der Waals surface area contributed by atoms with E-state index in [1.54, 1.807) is 0 Å². The summed E-state index contributed by atoms with van der Waals surface area (Å²) >= 11 is 0. The summed E-state index contributed by atoms with van der Waals surface area (Å²) in [6.07, 6.45) is 4.97. The number of hydrogen-bond acceptors (Lipinski definition) is 2. The number of aliphatic hydroxyl groups is 1. The van der Waals surface area contributed by atoms with Gasteiger partial charge in [0.25, 0.3) is 5.78 Å². The van der Waals surface area contributed by atoms with Crippen LogP contribution in [0.5, 0.6) is 0 Å². The molecule has 0 heterocycles. The van der Waals surface area contributed by atoms with E-state index in [9.17, 15) is 9.90 Å². The Morgan fingerprint density at radius 3 is 2.05 bits per heavy atom. The molecule has 0 rings (SSSR count). The smallest absolute Gasteiger partial charge is 0.256 e. The van der Waals surface area contributed by atoms with E-state index in [-0.39, 0.29) is 23.9 Å². The van der Waals surface area contributed by atoms with Gasteiger partial charge in [-0.1, -0.05) is 25.5 Å².